The van der Waals surface area contributed by atoms with Gasteiger partial charge in [-0.25, -0.2) is 0 Å². The van der Waals surface area contributed by atoms with E-state index in [1.165, 1.54) is 0 Å². The second kappa shape index (κ2) is 5.68. The Morgan fingerprint density at radius 1 is 1.35 bits per heavy atom. The zero-order valence-electron chi connectivity index (χ0n) is 9.73. The molecule has 1 amide bonds. The Labute approximate surface area is 114 Å². The third-order valence-corrected chi connectivity index (χ3v) is 3.38. The average Bonchev–Trinajstić information content (AvgIpc) is 2.73. The molecule has 1 aliphatic heterocycles. The molecule has 0 unspecified atom stereocenters. The normalized spacial score (nSPS) is 17.9. The van der Waals surface area contributed by atoms with Crippen LogP contribution in [0.25, 0.3) is 6.08 Å². The van der Waals surface area contributed by atoms with Crippen LogP contribution in [0.2, 0.25) is 0 Å². The molecular weight excluding hydrogens is 331 g/mol. The fourth-order valence-electron chi connectivity index (χ4n) is 1.70. The lowest BCUT2D eigenvalue weighted by Crippen LogP contribution is -2.46. The van der Waals surface area contributed by atoms with Crippen LogP contribution in [-0.4, -0.2) is 48.9 Å². The summed E-state index contributed by atoms with van der Waals surface area (Å²) in [5.41, 5.74) is 0. The maximum atomic E-state index is 11.9. The van der Waals surface area contributed by atoms with Crippen LogP contribution in [-0.2, 0) is 4.79 Å². The van der Waals surface area contributed by atoms with Gasteiger partial charge in [-0.15, -0.1) is 0 Å². The van der Waals surface area contributed by atoms with E-state index in [9.17, 15) is 4.79 Å². The van der Waals surface area contributed by atoms with E-state index in [-0.39, 0.29) is 5.91 Å². The van der Waals surface area contributed by atoms with E-state index in [1.54, 1.807) is 12.2 Å². The van der Waals surface area contributed by atoms with Crippen molar-refractivity contribution in [3.8, 4) is 0 Å². The van der Waals surface area contributed by atoms with Crippen molar-refractivity contribution < 1.29 is 9.21 Å². The first-order valence-electron chi connectivity index (χ1n) is 5.56. The quantitative estimate of drug-likeness (QED) is 0.604. The predicted octanol–water partition coefficient (Wildman–Crippen LogP) is 1.67. The second-order valence-corrected chi connectivity index (χ2v) is 5.17. The Morgan fingerprint density at radius 2 is 2.06 bits per heavy atom. The molecule has 0 aliphatic carbocycles. The topological polar surface area (TPSA) is 36.7 Å². The monoisotopic (exact) mass is 346 g/mol. The van der Waals surface area contributed by atoms with E-state index in [4.69, 9.17) is 4.42 Å². The third kappa shape index (κ3) is 3.57. The minimum atomic E-state index is 0.0597. The minimum Gasteiger partial charge on any atom is -0.451 e. The van der Waals surface area contributed by atoms with Crippen molar-refractivity contribution in [2.45, 2.75) is 0 Å². The summed E-state index contributed by atoms with van der Waals surface area (Å²) in [5, 5.41) is 0. The number of rotatable bonds is 2. The van der Waals surface area contributed by atoms with Gasteiger partial charge in [0.1, 0.15) is 5.76 Å². The summed E-state index contributed by atoms with van der Waals surface area (Å²) in [6, 6.07) is 3.73. The number of nitrogens with zero attached hydrogens (tertiary/aromatic N) is 2. The molecule has 0 aromatic carbocycles. The SMILES string of the molecule is CN1CCN(C(=O)/C=C/c2ccc(I)o2)CC1. The lowest BCUT2D eigenvalue weighted by atomic mass is 10.3. The molecule has 0 saturated carbocycles. The summed E-state index contributed by atoms with van der Waals surface area (Å²) in [7, 11) is 2.07. The number of amides is 1. The third-order valence-electron chi connectivity index (χ3n) is 2.80. The Balaban J connectivity index is 1.90. The number of carbonyl (C=O) groups is 1. The molecule has 4 nitrogen and oxygen atoms in total. The summed E-state index contributed by atoms with van der Waals surface area (Å²) in [4.78, 5) is 16.0. The molecule has 17 heavy (non-hydrogen) atoms. The summed E-state index contributed by atoms with van der Waals surface area (Å²) >= 11 is 2.10. The lowest BCUT2D eigenvalue weighted by molar-refractivity contribution is -0.127. The fourth-order valence-corrected chi connectivity index (χ4v) is 2.14. The van der Waals surface area contributed by atoms with Crippen LogP contribution in [0, 0.1) is 3.77 Å². The molecule has 5 heteroatoms. The number of hydrogen-bond acceptors (Lipinski definition) is 3. The Bertz CT molecular complexity index is 420. The summed E-state index contributed by atoms with van der Waals surface area (Å²) < 4.78 is 6.19. The smallest absolute Gasteiger partial charge is 0.246 e. The van der Waals surface area contributed by atoms with Crippen LogP contribution in [0.15, 0.2) is 22.6 Å². The van der Waals surface area contributed by atoms with E-state index in [0.717, 1.165) is 35.7 Å². The summed E-state index contributed by atoms with van der Waals surface area (Å²) in [6.45, 7) is 3.49. The Morgan fingerprint density at radius 3 is 2.65 bits per heavy atom. The molecule has 2 heterocycles. The summed E-state index contributed by atoms with van der Waals surface area (Å²) in [5.74, 6) is 0.779. The van der Waals surface area contributed by atoms with Crippen molar-refractivity contribution in [2.75, 3.05) is 33.2 Å². The highest BCUT2D eigenvalue weighted by Crippen LogP contribution is 2.11. The second-order valence-electron chi connectivity index (χ2n) is 4.10. The zero-order valence-corrected chi connectivity index (χ0v) is 11.9. The first-order chi connectivity index (χ1) is 8.15. The molecule has 1 aromatic heterocycles. The van der Waals surface area contributed by atoms with Crippen LogP contribution in [0.1, 0.15) is 5.76 Å². The van der Waals surface area contributed by atoms with Crippen LogP contribution in [0.5, 0.6) is 0 Å². The van der Waals surface area contributed by atoms with E-state index < -0.39 is 0 Å². The van der Waals surface area contributed by atoms with E-state index in [2.05, 4.69) is 34.5 Å². The van der Waals surface area contributed by atoms with Crippen LogP contribution in [0.4, 0.5) is 0 Å². The standard InChI is InChI=1S/C12H15IN2O2/c1-14-6-8-15(9-7-14)12(16)5-3-10-2-4-11(13)17-10/h2-5H,6-9H2,1H3/b5-3+. The molecule has 1 aromatic rings. The van der Waals surface area contributed by atoms with Gasteiger partial charge in [0.15, 0.2) is 3.77 Å². The van der Waals surface area contributed by atoms with Crippen molar-refractivity contribution in [3.63, 3.8) is 0 Å². The maximum Gasteiger partial charge on any atom is 0.246 e. The van der Waals surface area contributed by atoms with Crippen molar-refractivity contribution in [3.05, 3.63) is 27.7 Å². The van der Waals surface area contributed by atoms with E-state index in [1.807, 2.05) is 17.0 Å². The highest BCUT2D eigenvalue weighted by atomic mass is 127. The molecule has 1 saturated heterocycles. The van der Waals surface area contributed by atoms with Gasteiger partial charge in [0, 0.05) is 32.3 Å². The molecule has 1 fully saturated rings. The number of piperazine rings is 1. The zero-order chi connectivity index (χ0) is 12.3. The molecule has 0 spiro atoms. The van der Waals surface area contributed by atoms with Crippen molar-refractivity contribution in [2.24, 2.45) is 0 Å². The predicted molar refractivity (Wildman–Crippen MR) is 74.5 cm³/mol. The van der Waals surface area contributed by atoms with Crippen LogP contribution < -0.4 is 0 Å². The number of likely N-dealkylation sites (N-methyl/N-ethyl adjacent to an activating group) is 1. The lowest BCUT2D eigenvalue weighted by Gasteiger charge is -2.31. The van der Waals surface area contributed by atoms with Crippen molar-refractivity contribution in [1.82, 2.24) is 9.80 Å². The van der Waals surface area contributed by atoms with Crippen molar-refractivity contribution in [1.29, 1.82) is 0 Å². The molecular formula is C12H15IN2O2. The first kappa shape index (κ1) is 12.6. The number of hydrogen-bond donors (Lipinski definition) is 0. The van der Waals surface area contributed by atoms with E-state index in [0.29, 0.717) is 0 Å². The van der Waals surface area contributed by atoms with Gasteiger partial charge in [-0.05, 0) is 47.8 Å². The fraction of sp³-hybridized carbons (Fsp3) is 0.417. The molecule has 0 atom stereocenters. The number of furan rings is 1. The van der Waals surface area contributed by atoms with Crippen LogP contribution >= 0.6 is 22.6 Å². The van der Waals surface area contributed by atoms with Gasteiger partial charge >= 0.3 is 0 Å². The number of carbonyl (C=O) groups excluding carboxylic acids is 1. The Hall–Kier alpha value is -0.820. The van der Waals surface area contributed by atoms with Crippen molar-refractivity contribution >= 4 is 34.6 Å². The molecule has 0 radical (unpaired) electrons. The molecule has 0 bridgehead atoms. The van der Waals surface area contributed by atoms with Gasteiger partial charge in [-0.2, -0.15) is 0 Å². The summed E-state index contributed by atoms with van der Waals surface area (Å²) in [6.07, 6.45) is 3.31. The van der Waals surface area contributed by atoms with E-state index >= 15 is 0 Å². The largest absolute Gasteiger partial charge is 0.451 e. The molecule has 0 N–H and O–H groups in total. The van der Waals surface area contributed by atoms with Gasteiger partial charge in [0.25, 0.3) is 0 Å². The molecule has 92 valence electrons. The van der Waals surface area contributed by atoms with Gasteiger partial charge in [0.2, 0.25) is 5.91 Å². The van der Waals surface area contributed by atoms with Gasteiger partial charge in [-0.1, -0.05) is 0 Å². The molecule has 1 aliphatic rings. The minimum absolute atomic E-state index is 0.0597. The van der Waals surface area contributed by atoms with Gasteiger partial charge in [0.05, 0.1) is 0 Å². The average molecular weight is 346 g/mol. The maximum absolute atomic E-state index is 11.9. The van der Waals surface area contributed by atoms with Gasteiger partial charge in [-0.3, -0.25) is 4.79 Å². The van der Waals surface area contributed by atoms with Crippen LogP contribution in [0.3, 0.4) is 0 Å². The Kier molecular flexibility index (Phi) is 4.22. The van der Waals surface area contributed by atoms with Gasteiger partial charge < -0.3 is 14.2 Å². The molecule has 2 rings (SSSR count). The highest BCUT2D eigenvalue weighted by molar-refractivity contribution is 14.1. The highest BCUT2D eigenvalue weighted by Gasteiger charge is 2.16. The number of halogens is 1. The first-order valence-corrected chi connectivity index (χ1v) is 6.64.